The highest BCUT2D eigenvalue weighted by molar-refractivity contribution is 5.87. The fourth-order valence-electron chi connectivity index (χ4n) is 3.36. The molecule has 0 amide bonds. The monoisotopic (exact) mass is 409 g/mol. The van der Waals surface area contributed by atoms with Gasteiger partial charge < -0.3 is 9.47 Å². The average Bonchev–Trinajstić information content (AvgIpc) is 2.82. The van der Waals surface area contributed by atoms with E-state index in [0.717, 1.165) is 45.3 Å². The van der Waals surface area contributed by atoms with E-state index in [-0.39, 0.29) is 5.97 Å². The van der Waals surface area contributed by atoms with Crippen molar-refractivity contribution < 1.29 is 14.3 Å². The number of rotatable bonds is 7. The molecule has 0 saturated heterocycles. The second-order valence-corrected chi connectivity index (χ2v) is 7.19. The van der Waals surface area contributed by atoms with E-state index in [1.54, 1.807) is 6.08 Å². The molecular formula is C27H23NO3. The van der Waals surface area contributed by atoms with Gasteiger partial charge in [0, 0.05) is 24.1 Å². The van der Waals surface area contributed by atoms with Crippen LogP contribution in [0.15, 0.2) is 91.1 Å². The Bertz CT molecular complexity index is 1200. The summed E-state index contributed by atoms with van der Waals surface area (Å²) < 4.78 is 10.6. The Balaban J connectivity index is 1.48. The molecule has 154 valence electrons. The van der Waals surface area contributed by atoms with E-state index >= 15 is 0 Å². The molecule has 1 heterocycles. The lowest BCUT2D eigenvalue weighted by Crippen LogP contribution is -1.97. The molecule has 0 radical (unpaired) electrons. The van der Waals surface area contributed by atoms with Crippen molar-refractivity contribution in [2.75, 3.05) is 7.11 Å². The van der Waals surface area contributed by atoms with Crippen molar-refractivity contribution in [3.8, 4) is 5.75 Å². The molecule has 0 unspecified atom stereocenters. The molecule has 4 aromatic rings. The Morgan fingerprint density at radius 1 is 0.935 bits per heavy atom. The lowest BCUT2D eigenvalue weighted by Gasteiger charge is -2.10. The maximum atomic E-state index is 11.2. The number of ether oxygens (including phenoxy) is 2. The third-order valence-corrected chi connectivity index (χ3v) is 5.03. The van der Waals surface area contributed by atoms with Crippen LogP contribution in [0.25, 0.3) is 16.8 Å². The maximum Gasteiger partial charge on any atom is 0.330 e. The normalized spacial score (nSPS) is 11.0. The van der Waals surface area contributed by atoms with Crippen molar-refractivity contribution in [3.05, 3.63) is 114 Å². The summed E-state index contributed by atoms with van der Waals surface area (Å²) >= 11 is 0. The van der Waals surface area contributed by atoms with Crippen LogP contribution in [-0.4, -0.2) is 18.1 Å². The van der Waals surface area contributed by atoms with E-state index in [4.69, 9.17) is 4.74 Å². The summed E-state index contributed by atoms with van der Waals surface area (Å²) in [6.07, 6.45) is 5.72. The minimum absolute atomic E-state index is 0.365. The van der Waals surface area contributed by atoms with E-state index in [0.29, 0.717) is 6.61 Å². The summed E-state index contributed by atoms with van der Waals surface area (Å²) in [6.45, 7) is 0.543. The molecule has 3 aromatic carbocycles. The van der Waals surface area contributed by atoms with Gasteiger partial charge in [-0.05, 0) is 52.4 Å². The first-order valence-corrected chi connectivity index (χ1v) is 10.1. The second-order valence-electron chi connectivity index (χ2n) is 7.19. The summed E-state index contributed by atoms with van der Waals surface area (Å²) in [4.78, 5) is 15.8. The molecule has 4 nitrogen and oxygen atoms in total. The summed E-state index contributed by atoms with van der Waals surface area (Å²) in [6, 6.07) is 26.3. The second kappa shape index (κ2) is 9.72. The van der Waals surface area contributed by atoms with Crippen molar-refractivity contribution in [1.82, 2.24) is 4.98 Å². The molecule has 0 saturated carbocycles. The largest absolute Gasteiger partial charge is 0.489 e. The highest BCUT2D eigenvalue weighted by Crippen LogP contribution is 2.25. The van der Waals surface area contributed by atoms with Gasteiger partial charge in [-0.1, -0.05) is 54.6 Å². The number of nitrogens with zero attached hydrogens (tertiary/aromatic N) is 1. The van der Waals surface area contributed by atoms with Crippen LogP contribution in [0.1, 0.15) is 22.4 Å². The number of methoxy groups -OCH3 is 1. The first-order chi connectivity index (χ1) is 15.2. The Kier molecular flexibility index (Phi) is 6.38. The number of carbonyl (C=O) groups excluding carboxylic acids is 1. The number of carbonyl (C=O) groups is 1. The Morgan fingerprint density at radius 2 is 1.74 bits per heavy atom. The number of hydrogen-bond donors (Lipinski definition) is 0. The van der Waals surface area contributed by atoms with Gasteiger partial charge in [-0.3, -0.25) is 4.98 Å². The van der Waals surface area contributed by atoms with Crippen molar-refractivity contribution >= 4 is 22.8 Å². The zero-order chi connectivity index (χ0) is 21.5. The lowest BCUT2D eigenvalue weighted by molar-refractivity contribution is -0.134. The van der Waals surface area contributed by atoms with Gasteiger partial charge in [-0.2, -0.15) is 0 Å². The van der Waals surface area contributed by atoms with E-state index in [2.05, 4.69) is 46.1 Å². The van der Waals surface area contributed by atoms with Crippen LogP contribution < -0.4 is 4.74 Å². The molecule has 0 N–H and O–H groups in total. The van der Waals surface area contributed by atoms with Crippen molar-refractivity contribution in [2.45, 2.75) is 13.0 Å². The van der Waals surface area contributed by atoms with Crippen molar-refractivity contribution in [2.24, 2.45) is 0 Å². The minimum Gasteiger partial charge on any atom is -0.489 e. The van der Waals surface area contributed by atoms with Gasteiger partial charge >= 0.3 is 5.97 Å². The molecule has 0 atom stereocenters. The number of aromatic nitrogens is 1. The van der Waals surface area contributed by atoms with Crippen LogP contribution in [-0.2, 0) is 22.6 Å². The molecule has 4 heteroatoms. The minimum atomic E-state index is -0.365. The average molecular weight is 409 g/mol. The molecule has 0 aliphatic heterocycles. The van der Waals surface area contributed by atoms with Gasteiger partial charge in [0.1, 0.15) is 12.4 Å². The van der Waals surface area contributed by atoms with Gasteiger partial charge in [-0.25, -0.2) is 4.79 Å². The SMILES string of the molecule is COC(=O)/C=C/c1ccc(Cc2nccc3cc(OCc4ccccc4)ccc23)cc1. The number of hydrogen-bond acceptors (Lipinski definition) is 4. The number of esters is 1. The number of fused-ring (bicyclic) bond motifs is 1. The van der Waals surface area contributed by atoms with E-state index in [1.807, 2.05) is 48.7 Å². The van der Waals surface area contributed by atoms with Gasteiger partial charge in [0.15, 0.2) is 0 Å². The van der Waals surface area contributed by atoms with Crippen LogP contribution in [0.4, 0.5) is 0 Å². The Morgan fingerprint density at radius 3 is 2.52 bits per heavy atom. The Hall–Kier alpha value is -3.92. The van der Waals surface area contributed by atoms with E-state index in [9.17, 15) is 4.79 Å². The molecule has 0 fully saturated rings. The van der Waals surface area contributed by atoms with Crippen LogP contribution in [0.2, 0.25) is 0 Å². The fourth-order valence-corrected chi connectivity index (χ4v) is 3.36. The lowest BCUT2D eigenvalue weighted by atomic mass is 10.0. The smallest absolute Gasteiger partial charge is 0.330 e. The summed E-state index contributed by atoms with van der Waals surface area (Å²) in [7, 11) is 1.37. The van der Waals surface area contributed by atoms with Crippen LogP contribution >= 0.6 is 0 Å². The highest BCUT2D eigenvalue weighted by Gasteiger charge is 2.06. The zero-order valence-corrected chi connectivity index (χ0v) is 17.3. The first kappa shape index (κ1) is 20.4. The maximum absolute atomic E-state index is 11.2. The third kappa shape index (κ3) is 5.37. The zero-order valence-electron chi connectivity index (χ0n) is 17.3. The van der Waals surface area contributed by atoms with Gasteiger partial charge in [0.2, 0.25) is 0 Å². The van der Waals surface area contributed by atoms with Gasteiger partial charge in [-0.15, -0.1) is 0 Å². The number of benzene rings is 3. The standard InChI is InChI=1S/C27H23NO3/c1-30-27(29)14-11-20-7-9-21(10-8-20)17-26-25-13-12-24(18-23(25)15-16-28-26)31-19-22-5-3-2-4-6-22/h2-16,18H,17,19H2,1H3/b14-11+. The molecular weight excluding hydrogens is 386 g/mol. The van der Waals surface area contributed by atoms with Crippen LogP contribution in [0, 0.1) is 0 Å². The molecule has 31 heavy (non-hydrogen) atoms. The molecule has 0 spiro atoms. The summed E-state index contributed by atoms with van der Waals surface area (Å²) in [5.41, 5.74) is 4.26. The third-order valence-electron chi connectivity index (χ3n) is 5.03. The summed E-state index contributed by atoms with van der Waals surface area (Å²) in [5, 5.41) is 2.22. The highest BCUT2D eigenvalue weighted by atomic mass is 16.5. The van der Waals surface area contributed by atoms with E-state index in [1.165, 1.54) is 13.2 Å². The molecule has 0 bridgehead atoms. The van der Waals surface area contributed by atoms with E-state index < -0.39 is 0 Å². The molecule has 1 aromatic heterocycles. The predicted molar refractivity (Wildman–Crippen MR) is 123 cm³/mol. The van der Waals surface area contributed by atoms with Gasteiger partial charge in [0.25, 0.3) is 0 Å². The topological polar surface area (TPSA) is 48.4 Å². The molecule has 0 aliphatic carbocycles. The van der Waals surface area contributed by atoms with Crippen LogP contribution in [0.3, 0.4) is 0 Å². The fraction of sp³-hybridized carbons (Fsp3) is 0.111. The molecule has 4 rings (SSSR count). The molecule has 0 aliphatic rings. The predicted octanol–water partition coefficient (Wildman–Crippen LogP) is 5.59. The van der Waals surface area contributed by atoms with Crippen molar-refractivity contribution in [3.63, 3.8) is 0 Å². The number of pyridine rings is 1. The van der Waals surface area contributed by atoms with Crippen molar-refractivity contribution in [1.29, 1.82) is 0 Å². The Labute approximate surface area is 181 Å². The quantitative estimate of drug-likeness (QED) is 0.295. The van der Waals surface area contributed by atoms with Crippen LogP contribution in [0.5, 0.6) is 5.75 Å². The summed E-state index contributed by atoms with van der Waals surface area (Å²) in [5.74, 6) is 0.478. The first-order valence-electron chi connectivity index (χ1n) is 10.1. The van der Waals surface area contributed by atoms with Gasteiger partial charge in [0.05, 0.1) is 12.8 Å².